The number of methoxy groups -OCH3 is 2. The van der Waals surface area contributed by atoms with Gasteiger partial charge in [0, 0.05) is 63.6 Å². The van der Waals surface area contributed by atoms with Crippen LogP contribution >= 0.6 is 23.1 Å². The fraction of sp³-hybridized carbons (Fsp3) is 0.0317. The number of aromatic nitrogens is 7. The molecule has 8 aromatic carbocycles. The Balaban J connectivity index is 0.000000163. The van der Waals surface area contributed by atoms with Crippen LogP contribution in [-0.2, 0) is 20.1 Å². The number of anilines is 2. The number of aromatic amines is 1. The number of sulfonamides is 1. The minimum absolute atomic E-state index is 0.0306. The minimum atomic E-state index is -5.44. The van der Waals surface area contributed by atoms with Gasteiger partial charge in [-0.2, -0.15) is 25.9 Å². The van der Waals surface area contributed by atoms with Crippen LogP contribution in [0.15, 0.2) is 185 Å². The number of nitrogen functional groups attached to an aromatic ring is 1. The van der Waals surface area contributed by atoms with Crippen molar-refractivity contribution in [2.45, 2.75) is 9.79 Å². The molecule has 18 nitrogen and oxygen atoms in total. The van der Waals surface area contributed by atoms with Crippen molar-refractivity contribution in [3.63, 3.8) is 0 Å². The van der Waals surface area contributed by atoms with Crippen LogP contribution in [0.25, 0.3) is 77.1 Å². The highest BCUT2D eigenvalue weighted by Crippen LogP contribution is 2.41. The van der Waals surface area contributed by atoms with Crippen LogP contribution in [0.4, 0.5) is 54.2 Å². The number of aromatic hydroxyl groups is 1. The van der Waals surface area contributed by atoms with Gasteiger partial charge < -0.3 is 29.5 Å². The first kappa shape index (κ1) is 66.8. The molecule has 13 aromatic rings. The summed E-state index contributed by atoms with van der Waals surface area (Å²) in [5.74, 6) is -18.4. The van der Waals surface area contributed by atoms with Gasteiger partial charge in [0.25, 0.3) is 15.6 Å². The minimum Gasteiger partial charge on any atom is -0.505 e. The second-order valence-electron chi connectivity index (χ2n) is 19.4. The van der Waals surface area contributed by atoms with E-state index >= 15 is 8.78 Å². The third-order valence-electron chi connectivity index (χ3n) is 13.6. The maximum absolute atomic E-state index is 15.2. The van der Waals surface area contributed by atoms with Crippen molar-refractivity contribution in [2.75, 3.05) is 24.7 Å². The zero-order valence-electron chi connectivity index (χ0n) is 48.1. The molecule has 0 aliphatic carbocycles. The fourth-order valence-corrected chi connectivity index (χ4v) is 12.3. The molecule has 0 aliphatic heterocycles. The van der Waals surface area contributed by atoms with E-state index in [1.807, 2.05) is 0 Å². The van der Waals surface area contributed by atoms with Gasteiger partial charge in [0.15, 0.2) is 16.7 Å². The number of nitrogens with zero attached hydrogens (tertiary/aromatic N) is 6. The molecule has 0 bridgehead atoms. The summed E-state index contributed by atoms with van der Waals surface area (Å²) in [5.41, 5.74) is 8.78. The number of hydrogen-bond acceptors (Lipinski definition) is 18. The van der Waals surface area contributed by atoms with E-state index in [9.17, 15) is 56.8 Å². The van der Waals surface area contributed by atoms with Gasteiger partial charge in [0.05, 0.1) is 31.0 Å². The first-order valence-electron chi connectivity index (χ1n) is 26.7. The van der Waals surface area contributed by atoms with Crippen molar-refractivity contribution < 1.29 is 79.5 Å². The number of nitrogens with two attached hydrogens (primary N) is 1. The number of benzene rings is 8. The van der Waals surface area contributed by atoms with Gasteiger partial charge in [-0.1, -0.05) is 36.4 Å². The molecule has 0 spiro atoms. The zero-order chi connectivity index (χ0) is 68.0. The topological polar surface area (TPSA) is 264 Å². The molecule has 95 heavy (non-hydrogen) atoms. The van der Waals surface area contributed by atoms with E-state index in [0.29, 0.717) is 60.6 Å². The SMILES string of the molecule is COc1cc(-c2cccc(F)c2)ccc1-c1nccc2cc(S(=O)(=O)Nc3ncns3)c(F)cc12.COc1cc(-c2cccc(F)c2)ccc1-c1nccc2cc(S(=O)(=O)Oc3c(F)c(F)c(F)c(F)c3F)c(F)cc12.Nc1ncns1.O=c1[nH]ccc2cc(O)c(F)cc12. The molecule has 0 aliphatic rings. The molecular formula is C63H39F10N9O9S4. The fourth-order valence-electron chi connectivity index (χ4n) is 9.22. The Labute approximate surface area is 537 Å². The Morgan fingerprint density at radius 1 is 0.516 bits per heavy atom. The first-order chi connectivity index (χ1) is 45.4. The number of ether oxygens (including phenoxy) is 2. The average Bonchev–Trinajstić information content (AvgIpc) is 1.04. The predicted molar refractivity (Wildman–Crippen MR) is 333 cm³/mol. The lowest BCUT2D eigenvalue weighted by Gasteiger charge is -2.14. The molecule has 0 radical (unpaired) electrons. The maximum Gasteiger partial charge on any atom is 0.342 e. The molecule has 5 heterocycles. The number of nitrogens with one attached hydrogen (secondary N) is 2. The molecule has 5 aromatic heterocycles. The second-order valence-corrected chi connectivity index (χ2v) is 24.2. The number of hydrogen-bond donors (Lipinski definition) is 4. The number of H-pyrrole nitrogens is 1. The van der Waals surface area contributed by atoms with Crippen LogP contribution in [0.2, 0.25) is 0 Å². The van der Waals surface area contributed by atoms with Crippen molar-refractivity contribution in [3.05, 3.63) is 239 Å². The molecule has 0 unspecified atom stereocenters. The van der Waals surface area contributed by atoms with Crippen LogP contribution in [-0.4, -0.2) is 69.8 Å². The van der Waals surface area contributed by atoms with Gasteiger partial charge in [-0.3, -0.25) is 19.5 Å². The van der Waals surface area contributed by atoms with Crippen molar-refractivity contribution in [2.24, 2.45) is 0 Å². The quantitative estimate of drug-likeness (QED) is 0.0383. The van der Waals surface area contributed by atoms with Gasteiger partial charge in [-0.25, -0.2) is 53.5 Å². The maximum atomic E-state index is 15.2. The number of halogens is 10. The Morgan fingerprint density at radius 3 is 1.48 bits per heavy atom. The molecule has 0 amide bonds. The summed E-state index contributed by atoms with van der Waals surface area (Å²) in [6, 6.07) is 32.7. The molecule has 32 heteroatoms. The van der Waals surface area contributed by atoms with Crippen molar-refractivity contribution >= 4 is 85.8 Å². The van der Waals surface area contributed by atoms with Crippen LogP contribution in [0.3, 0.4) is 0 Å². The summed E-state index contributed by atoms with van der Waals surface area (Å²) in [5, 5.41) is 11.3. The summed E-state index contributed by atoms with van der Waals surface area (Å²) >= 11 is 2.03. The normalized spacial score (nSPS) is 11.2. The largest absolute Gasteiger partial charge is 0.505 e. The van der Waals surface area contributed by atoms with Gasteiger partial charge in [-0.05, 0) is 142 Å². The highest BCUT2D eigenvalue weighted by atomic mass is 32.2. The van der Waals surface area contributed by atoms with E-state index in [1.54, 1.807) is 66.7 Å². The number of phenolic OH excluding ortho intramolecular Hbond substituents is 1. The van der Waals surface area contributed by atoms with E-state index in [2.05, 4.69) is 42.6 Å². The van der Waals surface area contributed by atoms with Crippen LogP contribution < -0.4 is 29.7 Å². The molecule has 0 saturated carbocycles. The van der Waals surface area contributed by atoms with Crippen molar-refractivity contribution in [1.29, 1.82) is 0 Å². The lowest BCUT2D eigenvalue weighted by Crippen LogP contribution is -2.15. The molecule has 5 N–H and O–H groups in total. The summed E-state index contributed by atoms with van der Waals surface area (Å²) in [6.45, 7) is 0. The summed E-state index contributed by atoms with van der Waals surface area (Å²) in [7, 11) is -6.82. The van der Waals surface area contributed by atoms with Gasteiger partial charge in [0.2, 0.25) is 40.0 Å². The van der Waals surface area contributed by atoms with Gasteiger partial charge in [-0.15, -0.1) is 0 Å². The number of phenols is 1. The molecule has 0 saturated heterocycles. The Kier molecular flexibility index (Phi) is 19.7. The summed E-state index contributed by atoms with van der Waals surface area (Å²) < 4.78 is 215. The second kappa shape index (κ2) is 28.0. The molecule has 0 fully saturated rings. The smallest absolute Gasteiger partial charge is 0.342 e. The third-order valence-corrected chi connectivity index (χ3v) is 17.4. The van der Waals surface area contributed by atoms with Crippen LogP contribution in [0, 0.1) is 58.2 Å². The number of pyridine rings is 3. The zero-order valence-corrected chi connectivity index (χ0v) is 51.3. The van der Waals surface area contributed by atoms with E-state index < -0.39 is 93.8 Å². The highest BCUT2D eigenvalue weighted by Gasteiger charge is 2.33. The third kappa shape index (κ3) is 14.6. The van der Waals surface area contributed by atoms with Crippen LogP contribution in [0.1, 0.15) is 0 Å². The molecule has 0 atom stereocenters. The van der Waals surface area contributed by atoms with Gasteiger partial charge in [0.1, 0.15) is 57.2 Å². The standard InChI is InChI=1S/C28H14F7NO4S.C24H16F2N4O3S2.C9H6FNO2.C2H3N3S/c1-39-20-10-14(13-3-2-4-16(29)9-13)5-6-17(20)27-18-12-19(30)21(11-15(18)7-8-36-27)41(37,38)40-28-25(34)23(32)22(31)24(33)26(28)35;1-33-21-10-15(14-3-2-4-17(25)9-14)5-6-18(21)23-19-12-20(26)22(11-16(19)7-8-27-23)35(31,32)30-24-28-13-29-34-24;10-7-4-6-5(3-8(7)12)1-2-11-9(6)13;3-2-4-1-5-6-2/h2-12H,1H3;2-13H,1H3,(H,28,29,30);1-4,12H,(H,11,13);1H,(H2,3,4,5). The molecular weight excluding hydrogens is 1340 g/mol. The highest BCUT2D eigenvalue weighted by molar-refractivity contribution is 7.93. The Hall–Kier alpha value is -11.1. The monoisotopic (exact) mass is 1380 g/mol. The van der Waals surface area contributed by atoms with Crippen molar-refractivity contribution in [3.8, 4) is 67.8 Å². The molecule has 13 rings (SSSR count). The van der Waals surface area contributed by atoms with E-state index in [0.717, 1.165) is 41.4 Å². The lowest BCUT2D eigenvalue weighted by atomic mass is 9.99. The van der Waals surface area contributed by atoms with E-state index in [1.165, 1.54) is 106 Å². The summed E-state index contributed by atoms with van der Waals surface area (Å²) in [4.78, 5) is 27.8. The van der Waals surface area contributed by atoms with Gasteiger partial charge >= 0.3 is 10.1 Å². The number of rotatable bonds is 12. The Morgan fingerprint density at radius 2 is 1.00 bits per heavy atom. The van der Waals surface area contributed by atoms with Crippen LogP contribution in [0.5, 0.6) is 23.0 Å². The first-order valence-corrected chi connectivity index (χ1v) is 31.1. The average molecular weight is 1380 g/mol. The van der Waals surface area contributed by atoms with E-state index in [-0.39, 0.29) is 44.1 Å². The summed E-state index contributed by atoms with van der Waals surface area (Å²) in [6.07, 6.45) is 6.84. The van der Waals surface area contributed by atoms with E-state index in [4.69, 9.17) is 20.3 Å². The number of fused-ring (bicyclic) bond motifs is 3. The predicted octanol–water partition coefficient (Wildman–Crippen LogP) is 14.3. The van der Waals surface area contributed by atoms with Crippen molar-refractivity contribution in [1.82, 2.24) is 33.7 Å². The Bertz CT molecular complexity index is 5350. The molecule has 484 valence electrons. The lowest BCUT2D eigenvalue weighted by molar-refractivity contribution is 0.346.